The lowest BCUT2D eigenvalue weighted by atomic mass is 9.85. The predicted molar refractivity (Wildman–Crippen MR) is 78.9 cm³/mol. The Kier molecular flexibility index (Phi) is 4.31. The molecule has 1 aromatic carbocycles. The van der Waals surface area contributed by atoms with Gasteiger partial charge in [-0.15, -0.1) is 0 Å². The smallest absolute Gasteiger partial charge is 0.129 e. The quantitative estimate of drug-likeness (QED) is 0.713. The molecule has 0 N–H and O–H groups in total. The summed E-state index contributed by atoms with van der Waals surface area (Å²) in [5.41, 5.74) is 2.26. The van der Waals surface area contributed by atoms with Crippen LogP contribution in [0.5, 0.6) is 0 Å². The summed E-state index contributed by atoms with van der Waals surface area (Å²) in [5, 5.41) is 0.578. The zero-order valence-corrected chi connectivity index (χ0v) is 12.8. The number of nitrogens with zero attached hydrogens (tertiary/aromatic N) is 1. The summed E-state index contributed by atoms with van der Waals surface area (Å²) in [6.07, 6.45) is 3.61. The fraction of sp³-hybridized carbons (Fsp3) is 0.600. The first-order valence-electron chi connectivity index (χ1n) is 6.62. The van der Waals surface area contributed by atoms with E-state index in [0.717, 1.165) is 24.3 Å². The number of hydrogen-bond acceptors (Lipinski definition) is 1. The van der Waals surface area contributed by atoms with E-state index in [-0.39, 0.29) is 5.82 Å². The number of rotatable bonds is 2. The van der Waals surface area contributed by atoms with E-state index in [4.69, 9.17) is 0 Å². The summed E-state index contributed by atoms with van der Waals surface area (Å²) < 4.78 is 13.8. The van der Waals surface area contributed by atoms with E-state index in [9.17, 15) is 4.39 Å². The average molecular weight is 314 g/mol. The Morgan fingerprint density at radius 2 is 2.06 bits per heavy atom. The first-order valence-corrected chi connectivity index (χ1v) is 7.74. The molecule has 1 nitrogen and oxygen atoms in total. The van der Waals surface area contributed by atoms with Crippen molar-refractivity contribution < 1.29 is 4.39 Å². The second kappa shape index (κ2) is 5.60. The Morgan fingerprint density at radius 3 is 2.78 bits per heavy atom. The molecule has 0 spiro atoms. The molecular weight excluding hydrogens is 293 g/mol. The van der Waals surface area contributed by atoms with Crippen molar-refractivity contribution in [1.29, 1.82) is 0 Å². The molecule has 0 radical (unpaired) electrons. The molecule has 3 heteroatoms. The van der Waals surface area contributed by atoms with Crippen LogP contribution in [0.1, 0.15) is 38.7 Å². The van der Waals surface area contributed by atoms with E-state index in [2.05, 4.69) is 34.7 Å². The van der Waals surface area contributed by atoms with Crippen molar-refractivity contribution >= 4 is 21.6 Å². The van der Waals surface area contributed by atoms with Gasteiger partial charge in [0.1, 0.15) is 5.82 Å². The minimum atomic E-state index is -0.104. The van der Waals surface area contributed by atoms with Gasteiger partial charge in [0, 0.05) is 29.7 Å². The molecule has 1 saturated heterocycles. The second-order valence-electron chi connectivity index (χ2n) is 5.88. The highest BCUT2D eigenvalue weighted by Crippen LogP contribution is 2.33. The molecule has 0 saturated carbocycles. The lowest BCUT2D eigenvalue weighted by Crippen LogP contribution is -2.26. The Labute approximate surface area is 118 Å². The van der Waals surface area contributed by atoms with E-state index in [0.29, 0.717) is 10.7 Å². The van der Waals surface area contributed by atoms with Crippen LogP contribution in [-0.2, 0) is 5.33 Å². The van der Waals surface area contributed by atoms with Gasteiger partial charge in [-0.25, -0.2) is 4.39 Å². The monoisotopic (exact) mass is 313 g/mol. The normalized spacial score (nSPS) is 19.7. The fourth-order valence-corrected chi connectivity index (χ4v) is 3.19. The molecule has 18 heavy (non-hydrogen) atoms. The number of benzene rings is 1. The van der Waals surface area contributed by atoms with Crippen molar-refractivity contribution in [2.45, 2.75) is 38.4 Å². The molecule has 0 amide bonds. The molecule has 1 heterocycles. The van der Waals surface area contributed by atoms with Gasteiger partial charge in [-0.05, 0) is 36.8 Å². The summed E-state index contributed by atoms with van der Waals surface area (Å²) in [4.78, 5) is 2.34. The van der Waals surface area contributed by atoms with Crippen LogP contribution in [0.4, 0.5) is 10.1 Å². The van der Waals surface area contributed by atoms with Crippen molar-refractivity contribution in [2.24, 2.45) is 5.41 Å². The number of halogens is 2. The lowest BCUT2D eigenvalue weighted by molar-refractivity contribution is 0.325. The van der Waals surface area contributed by atoms with Gasteiger partial charge in [-0.1, -0.05) is 35.8 Å². The van der Waals surface area contributed by atoms with E-state index in [1.807, 2.05) is 12.1 Å². The maximum atomic E-state index is 13.8. The summed E-state index contributed by atoms with van der Waals surface area (Å²) in [7, 11) is 0. The van der Waals surface area contributed by atoms with Gasteiger partial charge in [0.15, 0.2) is 0 Å². The summed E-state index contributed by atoms with van der Waals surface area (Å²) in [6.45, 7) is 6.71. The summed E-state index contributed by atoms with van der Waals surface area (Å²) >= 11 is 3.40. The van der Waals surface area contributed by atoms with Crippen molar-refractivity contribution in [3.8, 4) is 0 Å². The molecule has 1 aliphatic heterocycles. The zero-order valence-electron chi connectivity index (χ0n) is 11.2. The standard InChI is InChI=1S/C15H21BrFN/c1-15(2)7-4-9-18(10-8-15)14-6-3-5-13(17)12(14)11-16/h3,5-6H,4,7-11H2,1-2H3. The van der Waals surface area contributed by atoms with Crippen LogP contribution < -0.4 is 4.90 Å². The molecule has 0 aromatic heterocycles. The Morgan fingerprint density at radius 1 is 1.28 bits per heavy atom. The van der Waals surface area contributed by atoms with Gasteiger partial charge >= 0.3 is 0 Å². The molecule has 1 fully saturated rings. The van der Waals surface area contributed by atoms with Crippen LogP contribution in [0.3, 0.4) is 0 Å². The Bertz CT molecular complexity index is 417. The molecule has 1 aliphatic rings. The SMILES string of the molecule is CC1(C)CCCN(c2cccc(F)c2CBr)CC1. The summed E-state index contributed by atoms with van der Waals surface area (Å²) in [5.74, 6) is -0.104. The molecule has 1 aromatic rings. The minimum Gasteiger partial charge on any atom is -0.371 e. The van der Waals surface area contributed by atoms with Crippen molar-refractivity contribution in [2.75, 3.05) is 18.0 Å². The summed E-state index contributed by atoms with van der Waals surface area (Å²) in [6, 6.07) is 5.40. The highest BCUT2D eigenvalue weighted by molar-refractivity contribution is 9.08. The third-order valence-electron chi connectivity index (χ3n) is 3.91. The number of alkyl halides is 1. The van der Waals surface area contributed by atoms with Gasteiger partial charge in [0.05, 0.1) is 0 Å². The van der Waals surface area contributed by atoms with Crippen LogP contribution >= 0.6 is 15.9 Å². The van der Waals surface area contributed by atoms with Gasteiger partial charge in [0.2, 0.25) is 0 Å². The van der Waals surface area contributed by atoms with E-state index >= 15 is 0 Å². The number of anilines is 1. The first kappa shape index (κ1) is 13.9. The predicted octanol–water partition coefficient (Wildman–Crippen LogP) is 4.74. The second-order valence-corrected chi connectivity index (χ2v) is 6.44. The van der Waals surface area contributed by atoms with Gasteiger partial charge in [-0.2, -0.15) is 0 Å². The number of hydrogen-bond donors (Lipinski definition) is 0. The molecule has 0 bridgehead atoms. The molecule has 2 rings (SSSR count). The van der Waals surface area contributed by atoms with Crippen LogP contribution in [0, 0.1) is 11.2 Å². The van der Waals surface area contributed by atoms with E-state index < -0.39 is 0 Å². The highest BCUT2D eigenvalue weighted by Gasteiger charge is 2.24. The van der Waals surface area contributed by atoms with Gasteiger partial charge in [0.25, 0.3) is 0 Å². The maximum Gasteiger partial charge on any atom is 0.129 e. The van der Waals surface area contributed by atoms with Crippen LogP contribution in [0.2, 0.25) is 0 Å². The van der Waals surface area contributed by atoms with E-state index in [1.165, 1.54) is 19.3 Å². The van der Waals surface area contributed by atoms with Crippen molar-refractivity contribution in [1.82, 2.24) is 0 Å². The highest BCUT2D eigenvalue weighted by atomic mass is 79.9. The molecular formula is C15H21BrFN. The van der Waals surface area contributed by atoms with Crippen molar-refractivity contribution in [3.63, 3.8) is 0 Å². The topological polar surface area (TPSA) is 3.24 Å². The molecule has 0 aliphatic carbocycles. The maximum absolute atomic E-state index is 13.8. The average Bonchev–Trinajstić information content (AvgIpc) is 2.50. The third kappa shape index (κ3) is 3.05. The first-order chi connectivity index (χ1) is 8.53. The minimum absolute atomic E-state index is 0.104. The molecule has 100 valence electrons. The van der Waals surface area contributed by atoms with Gasteiger partial charge in [-0.3, -0.25) is 0 Å². The van der Waals surface area contributed by atoms with Crippen LogP contribution in [-0.4, -0.2) is 13.1 Å². The van der Waals surface area contributed by atoms with Gasteiger partial charge < -0.3 is 4.90 Å². The fourth-order valence-electron chi connectivity index (χ4n) is 2.64. The lowest BCUT2D eigenvalue weighted by Gasteiger charge is -2.26. The largest absolute Gasteiger partial charge is 0.371 e. The zero-order chi connectivity index (χ0) is 13.2. The Balaban J connectivity index is 2.24. The van der Waals surface area contributed by atoms with E-state index in [1.54, 1.807) is 6.07 Å². The molecule has 0 atom stereocenters. The van der Waals surface area contributed by atoms with Crippen LogP contribution in [0.15, 0.2) is 18.2 Å². The third-order valence-corrected chi connectivity index (χ3v) is 4.47. The van der Waals surface area contributed by atoms with Crippen LogP contribution in [0.25, 0.3) is 0 Å². The molecule has 0 unspecified atom stereocenters. The van der Waals surface area contributed by atoms with Crippen molar-refractivity contribution in [3.05, 3.63) is 29.6 Å². The Hall–Kier alpha value is -0.570.